The third-order valence-corrected chi connectivity index (χ3v) is 7.70. The Hall–Kier alpha value is -3.57. The molecule has 2 heterocycles. The van der Waals surface area contributed by atoms with Crippen LogP contribution in [0.3, 0.4) is 0 Å². The molecule has 33 heavy (non-hydrogen) atoms. The van der Waals surface area contributed by atoms with Crippen LogP contribution in [0.2, 0.25) is 0 Å². The summed E-state index contributed by atoms with van der Waals surface area (Å²) < 4.78 is 10.9. The van der Waals surface area contributed by atoms with Gasteiger partial charge in [0.05, 0.1) is 5.41 Å². The number of hydrogen-bond donors (Lipinski definition) is 1. The highest BCUT2D eigenvalue weighted by Gasteiger charge is 2.51. The van der Waals surface area contributed by atoms with Gasteiger partial charge in [0.2, 0.25) is 12.7 Å². The third-order valence-electron chi connectivity index (χ3n) is 6.54. The zero-order chi connectivity index (χ0) is 22.4. The number of carbonyl (C=O) groups is 1. The van der Waals surface area contributed by atoms with Gasteiger partial charge in [0, 0.05) is 16.9 Å². The van der Waals surface area contributed by atoms with Crippen LogP contribution in [-0.4, -0.2) is 12.7 Å². The molecule has 6 rings (SSSR count). The highest BCUT2D eigenvalue weighted by atomic mass is 32.1. The first-order valence-electron chi connectivity index (χ1n) is 11.1. The number of carbonyl (C=O) groups excluding carboxylic acids is 1. The number of amides is 1. The first-order chi connectivity index (χ1) is 16.1. The highest BCUT2D eigenvalue weighted by Crippen LogP contribution is 2.51. The fraction of sp³-hybridized carbons (Fsp3) is 0.179. The van der Waals surface area contributed by atoms with Crippen LogP contribution < -0.4 is 14.8 Å². The summed E-state index contributed by atoms with van der Waals surface area (Å²) in [6.45, 7) is 2.34. The van der Waals surface area contributed by atoms with Gasteiger partial charge in [-0.05, 0) is 78.4 Å². The number of anilines is 1. The van der Waals surface area contributed by atoms with Crippen LogP contribution in [0.1, 0.15) is 25.4 Å². The van der Waals surface area contributed by atoms with Crippen molar-refractivity contribution in [2.75, 3.05) is 12.1 Å². The van der Waals surface area contributed by atoms with Gasteiger partial charge in [0.15, 0.2) is 11.5 Å². The van der Waals surface area contributed by atoms with Crippen molar-refractivity contribution < 1.29 is 15.7 Å². The molecule has 0 atom stereocenters. The number of aryl methyl sites for hydroxylation is 1. The van der Waals surface area contributed by atoms with Crippen molar-refractivity contribution >= 4 is 22.9 Å². The van der Waals surface area contributed by atoms with E-state index in [1.54, 1.807) is 11.3 Å². The van der Waals surface area contributed by atoms with E-state index in [0.29, 0.717) is 0 Å². The maximum Gasteiger partial charge on any atom is 0.235 e. The summed E-state index contributed by atoms with van der Waals surface area (Å²) in [5.74, 6) is 1.49. The quantitative estimate of drug-likeness (QED) is 0.351. The predicted molar refractivity (Wildman–Crippen MR) is 134 cm³/mol. The summed E-state index contributed by atoms with van der Waals surface area (Å²) in [6, 6.07) is 26.7. The van der Waals surface area contributed by atoms with E-state index in [4.69, 9.17) is 9.47 Å². The van der Waals surface area contributed by atoms with Gasteiger partial charge in [0.25, 0.3) is 0 Å². The normalized spacial score (nSPS) is 15.3. The fourth-order valence-electron chi connectivity index (χ4n) is 4.42. The highest BCUT2D eigenvalue weighted by molar-refractivity contribution is 7.18. The molecular formula is C28H25NO3S. The van der Waals surface area contributed by atoms with Crippen LogP contribution >= 0.6 is 11.3 Å². The maximum atomic E-state index is 13.3. The average molecular weight is 456 g/mol. The Kier molecular flexibility index (Phi) is 4.73. The molecule has 1 aliphatic carbocycles. The Morgan fingerprint density at radius 1 is 0.909 bits per heavy atom. The van der Waals surface area contributed by atoms with Crippen molar-refractivity contribution in [1.82, 2.24) is 0 Å². The molecule has 3 aromatic carbocycles. The first kappa shape index (κ1) is 20.1. The summed E-state index contributed by atoms with van der Waals surface area (Å²) in [4.78, 5) is 15.8. The number of fused-ring (bicyclic) bond motifs is 1. The fourth-order valence-corrected chi connectivity index (χ4v) is 5.52. The molecule has 5 heteroatoms. The third kappa shape index (κ3) is 3.58. The van der Waals surface area contributed by atoms with Gasteiger partial charge in [-0.1, -0.05) is 42.5 Å². The SMILES string of the molecule is Cc1ccc(NC(=O)C2(c3ccc4c(c3)OCO4)CC2)cc1-c1ccc(-c2ccccc2)s1.[HH]. The van der Waals surface area contributed by atoms with Crippen molar-refractivity contribution in [3.05, 3.63) is 90.0 Å². The van der Waals surface area contributed by atoms with Gasteiger partial charge in [0.1, 0.15) is 0 Å². The summed E-state index contributed by atoms with van der Waals surface area (Å²) >= 11 is 1.77. The lowest BCUT2D eigenvalue weighted by Gasteiger charge is -2.17. The van der Waals surface area contributed by atoms with E-state index in [9.17, 15) is 4.79 Å². The lowest BCUT2D eigenvalue weighted by Crippen LogP contribution is -2.27. The van der Waals surface area contributed by atoms with Crippen molar-refractivity contribution in [1.29, 1.82) is 0 Å². The van der Waals surface area contributed by atoms with Crippen molar-refractivity contribution in [3.8, 4) is 32.4 Å². The molecule has 4 aromatic rings. The van der Waals surface area contributed by atoms with Crippen LogP contribution in [-0.2, 0) is 10.2 Å². The van der Waals surface area contributed by atoms with Crippen molar-refractivity contribution in [3.63, 3.8) is 0 Å². The van der Waals surface area contributed by atoms with Crippen LogP contribution in [0, 0.1) is 6.92 Å². The molecule has 0 spiro atoms. The zero-order valence-corrected chi connectivity index (χ0v) is 19.1. The second-order valence-corrected chi connectivity index (χ2v) is 9.75. The van der Waals surface area contributed by atoms with E-state index < -0.39 is 5.41 Å². The zero-order valence-electron chi connectivity index (χ0n) is 18.3. The van der Waals surface area contributed by atoms with Crippen LogP contribution in [0.5, 0.6) is 11.5 Å². The van der Waals surface area contributed by atoms with Gasteiger partial charge >= 0.3 is 0 Å². The van der Waals surface area contributed by atoms with E-state index >= 15 is 0 Å². The Labute approximate surface area is 198 Å². The molecule has 0 bridgehead atoms. The Bertz CT molecular complexity index is 1360. The minimum Gasteiger partial charge on any atom is -0.454 e. The van der Waals surface area contributed by atoms with E-state index in [0.717, 1.165) is 41.2 Å². The second kappa shape index (κ2) is 7.78. The van der Waals surface area contributed by atoms with Gasteiger partial charge in [-0.25, -0.2) is 0 Å². The van der Waals surface area contributed by atoms with Crippen LogP contribution in [0.25, 0.3) is 20.9 Å². The molecule has 1 amide bonds. The maximum absolute atomic E-state index is 13.3. The number of thiophene rings is 1. The lowest BCUT2D eigenvalue weighted by molar-refractivity contribution is -0.118. The molecule has 1 aliphatic heterocycles. The standard InChI is InChI=1S/C28H23NO3S.H2/c1-18-7-9-21(16-22(18)26-12-11-25(33-26)19-5-3-2-4-6-19)29-27(30)28(13-14-28)20-8-10-23-24(15-20)32-17-31-23;/h2-12,15-16H,13-14,17H2,1H3,(H,29,30);1H. The number of rotatable bonds is 5. The first-order valence-corrected chi connectivity index (χ1v) is 11.9. The van der Waals surface area contributed by atoms with Gasteiger partial charge in [-0.3, -0.25) is 4.79 Å². The van der Waals surface area contributed by atoms with E-state index in [-0.39, 0.29) is 14.1 Å². The molecule has 0 radical (unpaired) electrons. The summed E-state index contributed by atoms with van der Waals surface area (Å²) in [7, 11) is 0. The van der Waals surface area contributed by atoms with Gasteiger partial charge in [-0.15, -0.1) is 11.3 Å². The molecule has 1 aromatic heterocycles. The molecule has 4 nitrogen and oxygen atoms in total. The van der Waals surface area contributed by atoms with E-state index in [2.05, 4.69) is 60.8 Å². The van der Waals surface area contributed by atoms with Crippen LogP contribution in [0.15, 0.2) is 78.9 Å². The Balaban J connectivity index is 0.00000241. The van der Waals surface area contributed by atoms with Gasteiger partial charge < -0.3 is 14.8 Å². The molecule has 1 fully saturated rings. The largest absolute Gasteiger partial charge is 0.454 e. The molecule has 2 aliphatic rings. The molecule has 166 valence electrons. The number of ether oxygens (including phenoxy) is 2. The monoisotopic (exact) mass is 455 g/mol. The molecule has 0 saturated heterocycles. The topological polar surface area (TPSA) is 47.6 Å². The minimum atomic E-state index is -0.491. The predicted octanol–water partition coefficient (Wildman–Crippen LogP) is 7.04. The summed E-state index contributed by atoms with van der Waals surface area (Å²) in [5, 5.41) is 3.18. The molecule has 1 saturated carbocycles. The number of benzene rings is 3. The Morgan fingerprint density at radius 2 is 1.70 bits per heavy atom. The summed E-state index contributed by atoms with van der Waals surface area (Å²) in [6.07, 6.45) is 1.67. The Morgan fingerprint density at radius 3 is 2.52 bits per heavy atom. The van der Waals surface area contributed by atoms with Crippen molar-refractivity contribution in [2.24, 2.45) is 0 Å². The number of hydrogen-bond acceptors (Lipinski definition) is 4. The van der Waals surface area contributed by atoms with Crippen molar-refractivity contribution in [2.45, 2.75) is 25.2 Å². The van der Waals surface area contributed by atoms with Gasteiger partial charge in [-0.2, -0.15) is 0 Å². The lowest BCUT2D eigenvalue weighted by atomic mass is 9.94. The molecule has 0 unspecified atom stereocenters. The number of nitrogens with one attached hydrogen (secondary N) is 1. The molecule has 1 N–H and O–H groups in total. The minimum absolute atomic E-state index is 0. The molecular weight excluding hydrogens is 430 g/mol. The van der Waals surface area contributed by atoms with E-state index in [1.165, 1.54) is 20.9 Å². The van der Waals surface area contributed by atoms with E-state index in [1.807, 2.05) is 30.3 Å². The van der Waals surface area contributed by atoms with Crippen LogP contribution in [0.4, 0.5) is 5.69 Å². The average Bonchev–Trinajstić information content (AvgIpc) is 3.28. The second-order valence-electron chi connectivity index (χ2n) is 8.66. The summed E-state index contributed by atoms with van der Waals surface area (Å²) in [5.41, 5.74) is 4.87. The smallest absolute Gasteiger partial charge is 0.235 e.